The van der Waals surface area contributed by atoms with Crippen LogP contribution in [0.15, 0.2) is 0 Å². The van der Waals surface area contributed by atoms with Crippen LogP contribution in [0.1, 0.15) is 39.5 Å². The number of alkyl carbamates (subject to hydrolysis) is 1. The average molecular weight is 231 g/mol. The van der Waals surface area contributed by atoms with Gasteiger partial charge in [0.2, 0.25) is 0 Å². The minimum absolute atomic E-state index is 0.0944. The van der Waals surface area contributed by atoms with Gasteiger partial charge in [-0.05, 0) is 12.8 Å². The molecule has 0 atom stereocenters. The van der Waals surface area contributed by atoms with Crippen molar-refractivity contribution in [3.05, 3.63) is 0 Å². The summed E-state index contributed by atoms with van der Waals surface area (Å²) in [5.41, 5.74) is 0. The monoisotopic (exact) mass is 231 g/mol. The van der Waals surface area contributed by atoms with Crippen molar-refractivity contribution in [3.63, 3.8) is 0 Å². The van der Waals surface area contributed by atoms with E-state index in [0.717, 1.165) is 25.7 Å². The van der Waals surface area contributed by atoms with Gasteiger partial charge in [0, 0.05) is 6.61 Å². The zero-order valence-electron chi connectivity index (χ0n) is 10.1. The van der Waals surface area contributed by atoms with E-state index in [2.05, 4.69) is 5.32 Å². The highest BCUT2D eigenvalue weighted by molar-refractivity contribution is 5.92. The molecule has 2 amide bonds. The van der Waals surface area contributed by atoms with Gasteiger partial charge in [0.25, 0.3) is 5.91 Å². The molecular weight excluding hydrogens is 210 g/mol. The van der Waals surface area contributed by atoms with Crippen molar-refractivity contribution in [1.82, 2.24) is 5.32 Å². The SMILES string of the molecule is CCCCOCC(=O)NC(=O)OCCCC. The van der Waals surface area contributed by atoms with Crippen molar-refractivity contribution in [2.45, 2.75) is 39.5 Å². The van der Waals surface area contributed by atoms with Crippen LogP contribution in [0.4, 0.5) is 4.79 Å². The molecule has 5 nitrogen and oxygen atoms in total. The normalized spacial score (nSPS) is 9.88. The summed E-state index contributed by atoms with van der Waals surface area (Å²) in [6.45, 7) is 4.81. The Bertz CT molecular complexity index is 206. The molecule has 0 radical (unpaired) electrons. The third-order valence-corrected chi connectivity index (χ3v) is 1.85. The van der Waals surface area contributed by atoms with E-state index < -0.39 is 12.0 Å². The molecule has 0 aromatic carbocycles. The lowest BCUT2D eigenvalue weighted by atomic mass is 10.4. The van der Waals surface area contributed by atoms with E-state index in [0.29, 0.717) is 13.2 Å². The molecule has 0 aliphatic carbocycles. The largest absolute Gasteiger partial charge is 0.449 e. The molecule has 5 heteroatoms. The fourth-order valence-corrected chi connectivity index (χ4v) is 0.906. The van der Waals surface area contributed by atoms with Crippen molar-refractivity contribution in [1.29, 1.82) is 0 Å². The first kappa shape index (κ1) is 14.9. The number of carbonyl (C=O) groups excluding carboxylic acids is 2. The second-order valence-corrected chi connectivity index (χ2v) is 3.44. The molecular formula is C11H21NO4. The molecule has 0 fully saturated rings. The van der Waals surface area contributed by atoms with Gasteiger partial charge in [-0.1, -0.05) is 26.7 Å². The highest BCUT2D eigenvalue weighted by atomic mass is 16.5. The van der Waals surface area contributed by atoms with Gasteiger partial charge in [0.15, 0.2) is 0 Å². The van der Waals surface area contributed by atoms with E-state index in [-0.39, 0.29) is 6.61 Å². The number of ether oxygens (including phenoxy) is 2. The standard InChI is InChI=1S/C11H21NO4/c1-3-5-7-15-9-10(13)12-11(14)16-8-6-4-2/h3-9H2,1-2H3,(H,12,13,14). The second kappa shape index (κ2) is 10.4. The van der Waals surface area contributed by atoms with Crippen molar-refractivity contribution < 1.29 is 19.1 Å². The Morgan fingerprint density at radius 1 is 1.06 bits per heavy atom. The summed E-state index contributed by atoms with van der Waals surface area (Å²) in [4.78, 5) is 22.1. The molecule has 0 aliphatic rings. The molecule has 1 N–H and O–H groups in total. The highest BCUT2D eigenvalue weighted by Gasteiger charge is 2.07. The third-order valence-electron chi connectivity index (χ3n) is 1.85. The molecule has 0 bridgehead atoms. The maximum atomic E-state index is 11.1. The minimum Gasteiger partial charge on any atom is -0.449 e. The van der Waals surface area contributed by atoms with E-state index >= 15 is 0 Å². The number of rotatable bonds is 8. The molecule has 0 aliphatic heterocycles. The molecule has 0 aromatic rings. The highest BCUT2D eigenvalue weighted by Crippen LogP contribution is 1.89. The van der Waals surface area contributed by atoms with E-state index in [1.807, 2.05) is 13.8 Å². The summed E-state index contributed by atoms with van der Waals surface area (Å²) >= 11 is 0. The van der Waals surface area contributed by atoms with Crippen molar-refractivity contribution >= 4 is 12.0 Å². The van der Waals surface area contributed by atoms with Gasteiger partial charge >= 0.3 is 6.09 Å². The molecule has 0 heterocycles. The summed E-state index contributed by atoms with van der Waals surface area (Å²) in [6, 6.07) is 0. The van der Waals surface area contributed by atoms with Crippen LogP contribution in [0.3, 0.4) is 0 Å². The smallest absolute Gasteiger partial charge is 0.413 e. The van der Waals surface area contributed by atoms with Gasteiger partial charge in [-0.15, -0.1) is 0 Å². The van der Waals surface area contributed by atoms with E-state index in [1.54, 1.807) is 0 Å². The van der Waals surface area contributed by atoms with E-state index in [4.69, 9.17) is 9.47 Å². The van der Waals surface area contributed by atoms with Crippen LogP contribution in [-0.4, -0.2) is 31.8 Å². The molecule has 0 spiro atoms. The minimum atomic E-state index is -0.697. The quantitative estimate of drug-likeness (QED) is 0.647. The zero-order chi connectivity index (χ0) is 12.2. The summed E-state index contributed by atoms with van der Waals surface area (Å²) in [5, 5.41) is 2.09. The van der Waals surface area contributed by atoms with Gasteiger partial charge in [0.1, 0.15) is 6.61 Å². The number of hydrogen-bond acceptors (Lipinski definition) is 4. The molecule has 16 heavy (non-hydrogen) atoms. The molecule has 0 saturated heterocycles. The Labute approximate surface area is 96.5 Å². The lowest BCUT2D eigenvalue weighted by Crippen LogP contribution is -2.34. The summed E-state index contributed by atoms with van der Waals surface area (Å²) in [6.07, 6.45) is 2.97. The van der Waals surface area contributed by atoms with Crippen LogP contribution in [0.5, 0.6) is 0 Å². The predicted octanol–water partition coefficient (Wildman–Crippen LogP) is 1.86. The van der Waals surface area contributed by atoms with Crippen molar-refractivity contribution in [2.24, 2.45) is 0 Å². The lowest BCUT2D eigenvalue weighted by molar-refractivity contribution is -0.125. The summed E-state index contributed by atoms with van der Waals surface area (Å²) < 4.78 is 9.80. The summed E-state index contributed by atoms with van der Waals surface area (Å²) in [5.74, 6) is -0.461. The fraction of sp³-hybridized carbons (Fsp3) is 0.818. The summed E-state index contributed by atoms with van der Waals surface area (Å²) in [7, 11) is 0. The maximum absolute atomic E-state index is 11.1. The van der Waals surface area contributed by atoms with E-state index in [9.17, 15) is 9.59 Å². The first-order chi connectivity index (χ1) is 7.70. The zero-order valence-corrected chi connectivity index (χ0v) is 10.1. The van der Waals surface area contributed by atoms with Gasteiger partial charge in [-0.3, -0.25) is 10.1 Å². The van der Waals surface area contributed by atoms with Crippen LogP contribution in [-0.2, 0) is 14.3 Å². The Hall–Kier alpha value is -1.10. The molecule has 0 aromatic heterocycles. The molecule has 94 valence electrons. The second-order valence-electron chi connectivity index (χ2n) is 3.44. The van der Waals surface area contributed by atoms with Gasteiger partial charge in [-0.25, -0.2) is 4.79 Å². The number of nitrogens with one attached hydrogen (secondary N) is 1. The van der Waals surface area contributed by atoms with Gasteiger partial charge in [-0.2, -0.15) is 0 Å². The fourth-order valence-electron chi connectivity index (χ4n) is 0.906. The van der Waals surface area contributed by atoms with Crippen LogP contribution in [0.2, 0.25) is 0 Å². The average Bonchev–Trinajstić information content (AvgIpc) is 2.25. The number of imide groups is 1. The van der Waals surface area contributed by atoms with Crippen molar-refractivity contribution in [3.8, 4) is 0 Å². The van der Waals surface area contributed by atoms with Gasteiger partial charge < -0.3 is 9.47 Å². The number of carbonyl (C=O) groups is 2. The number of amides is 2. The first-order valence-corrected chi connectivity index (χ1v) is 5.75. The van der Waals surface area contributed by atoms with Crippen LogP contribution >= 0.6 is 0 Å². The Balaban J connectivity index is 3.43. The molecule has 0 unspecified atom stereocenters. The van der Waals surface area contributed by atoms with E-state index in [1.165, 1.54) is 0 Å². The Morgan fingerprint density at radius 2 is 1.69 bits per heavy atom. The topological polar surface area (TPSA) is 64.6 Å². The maximum Gasteiger partial charge on any atom is 0.413 e. The Kier molecular flexibility index (Phi) is 9.70. The van der Waals surface area contributed by atoms with Crippen LogP contribution in [0.25, 0.3) is 0 Å². The molecule has 0 saturated carbocycles. The predicted molar refractivity (Wildman–Crippen MR) is 60.1 cm³/mol. The lowest BCUT2D eigenvalue weighted by Gasteiger charge is -2.05. The Morgan fingerprint density at radius 3 is 2.31 bits per heavy atom. The number of unbranched alkanes of at least 4 members (excludes halogenated alkanes) is 2. The van der Waals surface area contributed by atoms with Crippen LogP contribution < -0.4 is 5.32 Å². The third kappa shape index (κ3) is 9.45. The first-order valence-electron chi connectivity index (χ1n) is 5.75. The van der Waals surface area contributed by atoms with Crippen LogP contribution in [0, 0.1) is 0 Å². The number of hydrogen-bond donors (Lipinski definition) is 1. The van der Waals surface area contributed by atoms with Gasteiger partial charge in [0.05, 0.1) is 6.61 Å². The molecule has 0 rings (SSSR count). The van der Waals surface area contributed by atoms with Crippen molar-refractivity contribution in [2.75, 3.05) is 19.8 Å².